The van der Waals surface area contributed by atoms with Crippen molar-refractivity contribution in [2.24, 2.45) is 0 Å². The van der Waals surface area contributed by atoms with E-state index in [-0.39, 0.29) is 0 Å². The molecule has 0 saturated carbocycles. The van der Waals surface area contributed by atoms with E-state index in [1.54, 1.807) is 0 Å². The molecule has 4 rings (SSSR count). The van der Waals surface area contributed by atoms with Gasteiger partial charge in [-0.05, 0) is 17.2 Å². The zero-order chi connectivity index (χ0) is 14.2. The first kappa shape index (κ1) is 12.7. The average Bonchev–Trinajstić information content (AvgIpc) is 2.93. The number of fused-ring (bicyclic) bond motifs is 3. The zero-order valence-electron chi connectivity index (χ0n) is 11.8. The summed E-state index contributed by atoms with van der Waals surface area (Å²) >= 11 is 1.89. The summed E-state index contributed by atoms with van der Waals surface area (Å²) in [4.78, 5) is 0. The first-order valence-corrected chi connectivity index (χ1v) is 7.98. The standard InChI is InChI=1S/C19H14BS/c1-20-14-7-4-6-13(12-14)15-9-5-10-17-16-8-2-3-11-18(16)21-19(15)17/h2-12H,1H3. The number of benzene rings is 3. The SMILES string of the molecule is C[B]c1cccc(-c2cccc3c2sc2ccccc23)c1. The lowest BCUT2D eigenvalue weighted by Gasteiger charge is -2.05. The monoisotopic (exact) mass is 285 g/mol. The van der Waals surface area contributed by atoms with Gasteiger partial charge in [-0.2, -0.15) is 0 Å². The Bertz CT molecular complexity index is 937. The van der Waals surface area contributed by atoms with Crippen molar-refractivity contribution < 1.29 is 0 Å². The quantitative estimate of drug-likeness (QED) is 0.449. The van der Waals surface area contributed by atoms with Crippen molar-refractivity contribution in [2.45, 2.75) is 6.82 Å². The largest absolute Gasteiger partial charge is 0.148 e. The van der Waals surface area contributed by atoms with Crippen LogP contribution in [0.5, 0.6) is 0 Å². The smallest absolute Gasteiger partial charge is 0.135 e. The highest BCUT2D eigenvalue weighted by Gasteiger charge is 2.09. The van der Waals surface area contributed by atoms with Gasteiger partial charge in [0.05, 0.1) is 0 Å². The van der Waals surface area contributed by atoms with Gasteiger partial charge >= 0.3 is 0 Å². The van der Waals surface area contributed by atoms with Crippen molar-refractivity contribution in [2.75, 3.05) is 0 Å². The van der Waals surface area contributed by atoms with Crippen molar-refractivity contribution in [1.29, 1.82) is 0 Å². The van der Waals surface area contributed by atoms with E-state index in [1.807, 2.05) is 11.3 Å². The lowest BCUT2D eigenvalue weighted by atomic mass is 9.73. The van der Waals surface area contributed by atoms with Crippen molar-refractivity contribution in [1.82, 2.24) is 0 Å². The maximum absolute atomic E-state index is 2.26. The van der Waals surface area contributed by atoms with Gasteiger partial charge < -0.3 is 0 Å². The van der Waals surface area contributed by atoms with Crippen LogP contribution in [-0.2, 0) is 0 Å². The summed E-state index contributed by atoms with van der Waals surface area (Å²) in [6.07, 6.45) is 0. The molecule has 99 valence electrons. The molecule has 2 heteroatoms. The maximum atomic E-state index is 2.26. The summed E-state index contributed by atoms with van der Waals surface area (Å²) in [5, 5.41) is 2.72. The van der Waals surface area contributed by atoms with Gasteiger partial charge in [0.25, 0.3) is 0 Å². The average molecular weight is 285 g/mol. The molecule has 0 N–H and O–H groups in total. The fourth-order valence-corrected chi connectivity index (χ4v) is 4.10. The van der Waals surface area contributed by atoms with E-state index < -0.39 is 0 Å². The molecule has 0 saturated heterocycles. The molecule has 0 aliphatic carbocycles. The second kappa shape index (κ2) is 5.05. The van der Waals surface area contributed by atoms with E-state index in [4.69, 9.17) is 0 Å². The van der Waals surface area contributed by atoms with Crippen LogP contribution < -0.4 is 5.46 Å². The van der Waals surface area contributed by atoms with Crippen molar-refractivity contribution in [3.05, 3.63) is 66.7 Å². The third kappa shape index (κ3) is 2.07. The Morgan fingerprint density at radius 3 is 2.52 bits per heavy atom. The number of hydrogen-bond donors (Lipinski definition) is 0. The summed E-state index contributed by atoms with van der Waals surface area (Å²) in [6, 6.07) is 24.0. The highest BCUT2D eigenvalue weighted by atomic mass is 32.1. The summed E-state index contributed by atoms with van der Waals surface area (Å²) in [7, 11) is 2.15. The van der Waals surface area contributed by atoms with Gasteiger partial charge in [0.15, 0.2) is 0 Å². The minimum absolute atomic E-state index is 1.27. The molecule has 0 unspecified atom stereocenters. The summed E-state index contributed by atoms with van der Waals surface area (Å²) in [5.41, 5.74) is 3.89. The van der Waals surface area contributed by atoms with Crippen molar-refractivity contribution in [3.63, 3.8) is 0 Å². The van der Waals surface area contributed by atoms with Crippen LogP contribution in [0.4, 0.5) is 0 Å². The van der Waals surface area contributed by atoms with E-state index in [0.29, 0.717) is 0 Å². The highest BCUT2D eigenvalue weighted by Crippen LogP contribution is 2.39. The second-order valence-corrected chi connectivity index (χ2v) is 6.25. The maximum Gasteiger partial charge on any atom is 0.148 e. The first-order valence-electron chi connectivity index (χ1n) is 7.17. The summed E-state index contributed by atoms with van der Waals surface area (Å²) in [5.74, 6) is 0. The number of hydrogen-bond acceptors (Lipinski definition) is 1. The van der Waals surface area contributed by atoms with E-state index in [2.05, 4.69) is 80.8 Å². The van der Waals surface area contributed by atoms with E-state index in [1.165, 1.54) is 36.8 Å². The van der Waals surface area contributed by atoms with Crippen LogP contribution in [-0.4, -0.2) is 7.28 Å². The van der Waals surface area contributed by atoms with Crippen LogP contribution in [0.25, 0.3) is 31.3 Å². The first-order chi connectivity index (χ1) is 10.4. The van der Waals surface area contributed by atoms with Crippen LogP contribution in [0, 0.1) is 0 Å². The molecule has 0 atom stereocenters. The molecule has 1 heterocycles. The van der Waals surface area contributed by atoms with E-state index >= 15 is 0 Å². The Kier molecular flexibility index (Phi) is 3.05. The summed E-state index contributed by atoms with van der Waals surface area (Å²) < 4.78 is 2.74. The lowest BCUT2D eigenvalue weighted by molar-refractivity contribution is 1.70. The summed E-state index contributed by atoms with van der Waals surface area (Å²) in [6.45, 7) is 2.08. The highest BCUT2D eigenvalue weighted by molar-refractivity contribution is 7.26. The van der Waals surface area contributed by atoms with Gasteiger partial charge in [-0.3, -0.25) is 0 Å². The molecule has 0 amide bonds. The van der Waals surface area contributed by atoms with Crippen LogP contribution in [0.3, 0.4) is 0 Å². The van der Waals surface area contributed by atoms with Crippen LogP contribution in [0.2, 0.25) is 6.82 Å². The van der Waals surface area contributed by atoms with Gasteiger partial charge in [0.1, 0.15) is 7.28 Å². The Balaban J connectivity index is 2.04. The predicted molar refractivity (Wildman–Crippen MR) is 96.0 cm³/mol. The molecule has 1 aromatic heterocycles. The van der Waals surface area contributed by atoms with Gasteiger partial charge in [-0.15, -0.1) is 11.3 Å². The van der Waals surface area contributed by atoms with Crippen LogP contribution in [0.1, 0.15) is 0 Å². The fourth-order valence-electron chi connectivity index (χ4n) is 2.86. The Labute approximate surface area is 129 Å². The molecule has 1 radical (unpaired) electrons. The minimum Gasteiger partial charge on any atom is -0.135 e. The van der Waals surface area contributed by atoms with E-state index in [0.717, 1.165) is 0 Å². The number of rotatable bonds is 2. The lowest BCUT2D eigenvalue weighted by Crippen LogP contribution is -2.09. The molecule has 0 fully saturated rings. The second-order valence-electron chi connectivity index (χ2n) is 5.19. The normalized spacial score (nSPS) is 11.1. The van der Waals surface area contributed by atoms with Crippen LogP contribution in [0.15, 0.2) is 66.7 Å². The van der Waals surface area contributed by atoms with Gasteiger partial charge in [0, 0.05) is 20.2 Å². The minimum atomic E-state index is 1.27. The Morgan fingerprint density at radius 1 is 0.810 bits per heavy atom. The van der Waals surface area contributed by atoms with Crippen molar-refractivity contribution >= 4 is 44.3 Å². The third-order valence-corrected chi connectivity index (χ3v) is 5.16. The van der Waals surface area contributed by atoms with E-state index in [9.17, 15) is 0 Å². The molecule has 21 heavy (non-hydrogen) atoms. The zero-order valence-corrected chi connectivity index (χ0v) is 12.7. The molecule has 3 aromatic carbocycles. The topological polar surface area (TPSA) is 0 Å². The molecule has 4 aromatic rings. The molecular formula is C19H14BS. The van der Waals surface area contributed by atoms with Crippen LogP contribution >= 0.6 is 11.3 Å². The van der Waals surface area contributed by atoms with Gasteiger partial charge in [0.2, 0.25) is 0 Å². The van der Waals surface area contributed by atoms with Gasteiger partial charge in [-0.25, -0.2) is 0 Å². The molecule has 0 spiro atoms. The molecule has 0 aliphatic heterocycles. The predicted octanol–water partition coefficient (Wildman–Crippen LogP) is 5.10. The molecule has 0 aliphatic rings. The van der Waals surface area contributed by atoms with Crippen molar-refractivity contribution in [3.8, 4) is 11.1 Å². The Hall–Kier alpha value is -2.06. The molecular weight excluding hydrogens is 271 g/mol. The third-order valence-electron chi connectivity index (χ3n) is 3.94. The molecule has 0 bridgehead atoms. The number of thiophene rings is 1. The molecule has 0 nitrogen and oxygen atoms in total. The van der Waals surface area contributed by atoms with Gasteiger partial charge in [-0.1, -0.05) is 72.9 Å². The fraction of sp³-hybridized carbons (Fsp3) is 0.0526. The Morgan fingerprint density at radius 2 is 1.62 bits per heavy atom.